The van der Waals surface area contributed by atoms with E-state index in [0.29, 0.717) is 5.75 Å². The standard InChI is InChI=1S/C40H39O3P/c1-39(2,3)32-19-18-29-24-34(35(40(4,5)6)25-31(29)23-32)38-36(43-44(41)42)21-20-33(27-13-8-7-9-14-27)37(38)30-17-16-26-12-10-11-15-28(26)22-30/h7-25,41-42H,1-6H3. The lowest BCUT2D eigenvalue weighted by Crippen LogP contribution is -2.14. The van der Waals surface area contributed by atoms with Crippen molar-refractivity contribution >= 4 is 30.1 Å². The maximum Gasteiger partial charge on any atom is 0.391 e. The van der Waals surface area contributed by atoms with E-state index in [1.165, 1.54) is 10.9 Å². The number of rotatable bonds is 5. The molecule has 0 fully saturated rings. The summed E-state index contributed by atoms with van der Waals surface area (Å²) < 4.78 is 5.86. The summed E-state index contributed by atoms with van der Waals surface area (Å²) >= 11 is 0. The molecule has 0 heterocycles. The maximum absolute atomic E-state index is 10.2. The van der Waals surface area contributed by atoms with Gasteiger partial charge in [-0.25, -0.2) is 0 Å². The van der Waals surface area contributed by atoms with Gasteiger partial charge in [-0.15, -0.1) is 0 Å². The van der Waals surface area contributed by atoms with Crippen molar-refractivity contribution in [3.05, 3.63) is 126 Å². The van der Waals surface area contributed by atoms with Gasteiger partial charge in [0, 0.05) is 11.1 Å². The number of hydrogen-bond acceptors (Lipinski definition) is 3. The zero-order valence-corrected chi connectivity index (χ0v) is 27.1. The Hall–Kier alpha value is -4.01. The van der Waals surface area contributed by atoms with Crippen LogP contribution in [-0.2, 0) is 10.8 Å². The fraction of sp³-hybridized carbons (Fsp3) is 0.200. The molecule has 0 aromatic heterocycles. The molecule has 6 aromatic carbocycles. The lowest BCUT2D eigenvalue weighted by atomic mass is 9.77. The van der Waals surface area contributed by atoms with Crippen LogP contribution in [0.1, 0.15) is 52.7 Å². The first-order valence-corrected chi connectivity index (χ1v) is 16.2. The highest BCUT2D eigenvalue weighted by molar-refractivity contribution is 7.39. The van der Waals surface area contributed by atoms with E-state index in [-0.39, 0.29) is 10.8 Å². The predicted octanol–water partition coefficient (Wildman–Crippen LogP) is 11.2. The highest BCUT2D eigenvalue weighted by Gasteiger charge is 2.27. The summed E-state index contributed by atoms with van der Waals surface area (Å²) in [5.41, 5.74) is 8.28. The summed E-state index contributed by atoms with van der Waals surface area (Å²) in [6.07, 6.45) is 0. The van der Waals surface area contributed by atoms with Crippen LogP contribution in [0.25, 0.3) is 54.9 Å². The minimum absolute atomic E-state index is 0.0302. The first-order chi connectivity index (χ1) is 20.9. The molecule has 0 bridgehead atoms. The minimum Gasteiger partial charge on any atom is -0.426 e. The van der Waals surface area contributed by atoms with Gasteiger partial charge in [-0.2, -0.15) is 0 Å². The van der Waals surface area contributed by atoms with Crippen molar-refractivity contribution in [2.24, 2.45) is 0 Å². The van der Waals surface area contributed by atoms with Crippen molar-refractivity contribution in [2.45, 2.75) is 52.4 Å². The van der Waals surface area contributed by atoms with Gasteiger partial charge in [0.1, 0.15) is 5.75 Å². The molecule has 0 aliphatic carbocycles. The molecular weight excluding hydrogens is 559 g/mol. The van der Waals surface area contributed by atoms with Crippen LogP contribution in [0.15, 0.2) is 115 Å². The second kappa shape index (κ2) is 11.5. The molecule has 0 radical (unpaired) electrons. The summed E-state index contributed by atoms with van der Waals surface area (Å²) in [4.78, 5) is 20.3. The van der Waals surface area contributed by atoms with Crippen LogP contribution < -0.4 is 4.52 Å². The molecule has 4 heteroatoms. The average Bonchev–Trinajstić information content (AvgIpc) is 2.99. The van der Waals surface area contributed by atoms with Gasteiger partial charge in [0.15, 0.2) is 0 Å². The fourth-order valence-electron chi connectivity index (χ4n) is 6.11. The zero-order valence-electron chi connectivity index (χ0n) is 26.2. The third-order valence-corrected chi connectivity index (χ3v) is 8.75. The molecule has 0 unspecified atom stereocenters. The topological polar surface area (TPSA) is 49.7 Å². The maximum atomic E-state index is 10.2. The van der Waals surface area contributed by atoms with Gasteiger partial charge in [0.05, 0.1) is 0 Å². The largest absolute Gasteiger partial charge is 0.426 e. The Labute approximate surface area is 261 Å². The summed E-state index contributed by atoms with van der Waals surface area (Å²) in [5, 5.41) is 4.61. The monoisotopic (exact) mass is 598 g/mol. The Balaban J connectivity index is 1.76. The summed E-state index contributed by atoms with van der Waals surface area (Å²) in [6.45, 7) is 13.4. The molecule has 6 rings (SSSR count). The third kappa shape index (κ3) is 5.88. The lowest BCUT2D eigenvalue weighted by Gasteiger charge is -2.28. The third-order valence-electron chi connectivity index (χ3n) is 8.39. The van der Waals surface area contributed by atoms with Crippen LogP contribution in [0, 0.1) is 0 Å². The van der Waals surface area contributed by atoms with Gasteiger partial charge in [-0.05, 0) is 90.0 Å². The Morgan fingerprint density at radius 1 is 0.500 bits per heavy atom. The van der Waals surface area contributed by atoms with Crippen LogP contribution in [-0.4, -0.2) is 9.79 Å². The second-order valence-electron chi connectivity index (χ2n) is 13.6. The van der Waals surface area contributed by atoms with Gasteiger partial charge >= 0.3 is 8.60 Å². The number of fused-ring (bicyclic) bond motifs is 2. The van der Waals surface area contributed by atoms with Crippen molar-refractivity contribution < 1.29 is 14.3 Å². The van der Waals surface area contributed by atoms with Gasteiger partial charge in [0.25, 0.3) is 0 Å². The Bertz CT molecular complexity index is 1980. The number of hydrogen-bond donors (Lipinski definition) is 2. The molecule has 2 N–H and O–H groups in total. The van der Waals surface area contributed by atoms with Crippen molar-refractivity contribution in [1.29, 1.82) is 0 Å². The minimum atomic E-state index is -2.65. The number of benzene rings is 6. The SMILES string of the molecule is CC(C)(C)c1ccc2cc(-c3c(OP(O)O)ccc(-c4ccccc4)c3-c3ccc4ccccc4c3)c(C(C)(C)C)cc2c1. The molecule has 3 nitrogen and oxygen atoms in total. The molecule has 0 spiro atoms. The molecule has 0 aliphatic rings. The smallest absolute Gasteiger partial charge is 0.391 e. The summed E-state index contributed by atoms with van der Waals surface area (Å²) in [5.74, 6) is 0.445. The Morgan fingerprint density at radius 3 is 1.84 bits per heavy atom. The van der Waals surface area contributed by atoms with Crippen LogP contribution in [0.4, 0.5) is 0 Å². The summed E-state index contributed by atoms with van der Waals surface area (Å²) in [6, 6.07) is 40.4. The highest BCUT2D eigenvalue weighted by atomic mass is 31.2. The van der Waals surface area contributed by atoms with E-state index >= 15 is 0 Å². The molecule has 0 amide bonds. The quantitative estimate of drug-likeness (QED) is 0.194. The van der Waals surface area contributed by atoms with E-state index in [4.69, 9.17) is 4.52 Å². The van der Waals surface area contributed by atoms with E-state index < -0.39 is 8.60 Å². The molecule has 0 aliphatic heterocycles. The van der Waals surface area contributed by atoms with Gasteiger partial charge in [-0.3, -0.25) is 0 Å². The molecule has 0 atom stereocenters. The lowest BCUT2D eigenvalue weighted by molar-refractivity contribution is 0.375. The van der Waals surface area contributed by atoms with E-state index in [1.54, 1.807) is 0 Å². The fourth-order valence-corrected chi connectivity index (χ4v) is 6.44. The van der Waals surface area contributed by atoms with Crippen LogP contribution in [0.5, 0.6) is 5.75 Å². The molecule has 0 saturated carbocycles. The first-order valence-electron chi connectivity index (χ1n) is 15.1. The van der Waals surface area contributed by atoms with Crippen LogP contribution in [0.2, 0.25) is 0 Å². The zero-order chi connectivity index (χ0) is 31.2. The Morgan fingerprint density at radius 2 is 1.16 bits per heavy atom. The van der Waals surface area contributed by atoms with Crippen molar-refractivity contribution in [2.75, 3.05) is 0 Å². The van der Waals surface area contributed by atoms with E-state index in [9.17, 15) is 9.79 Å². The van der Waals surface area contributed by atoms with Gasteiger partial charge in [0.2, 0.25) is 0 Å². The van der Waals surface area contributed by atoms with Crippen molar-refractivity contribution in [3.8, 4) is 39.1 Å². The van der Waals surface area contributed by atoms with E-state index in [1.807, 2.05) is 30.3 Å². The van der Waals surface area contributed by atoms with Crippen LogP contribution >= 0.6 is 8.60 Å². The van der Waals surface area contributed by atoms with Gasteiger partial charge < -0.3 is 14.3 Å². The molecule has 6 aromatic rings. The molecule has 0 saturated heterocycles. The Kier molecular flexibility index (Phi) is 7.84. The van der Waals surface area contributed by atoms with Gasteiger partial charge in [-0.1, -0.05) is 133 Å². The average molecular weight is 599 g/mol. The van der Waals surface area contributed by atoms with Crippen LogP contribution in [0.3, 0.4) is 0 Å². The van der Waals surface area contributed by atoms with E-state index in [2.05, 4.69) is 126 Å². The van der Waals surface area contributed by atoms with Crippen molar-refractivity contribution in [3.63, 3.8) is 0 Å². The first kappa shape index (κ1) is 30.0. The highest BCUT2D eigenvalue weighted by Crippen LogP contribution is 2.51. The summed E-state index contributed by atoms with van der Waals surface area (Å²) in [7, 11) is -2.65. The molecular formula is C40H39O3P. The normalized spacial score (nSPS) is 12.3. The van der Waals surface area contributed by atoms with Crippen molar-refractivity contribution in [1.82, 2.24) is 0 Å². The predicted molar refractivity (Wildman–Crippen MR) is 187 cm³/mol. The molecule has 44 heavy (non-hydrogen) atoms. The molecule has 222 valence electrons. The van der Waals surface area contributed by atoms with E-state index in [0.717, 1.165) is 55.1 Å². The second-order valence-corrected chi connectivity index (χ2v) is 14.3.